The smallest absolute Gasteiger partial charge is 0.175 e. The van der Waals surface area contributed by atoms with Gasteiger partial charge in [-0.15, -0.1) is 0 Å². The number of hydrogen-bond donors (Lipinski definition) is 0. The highest BCUT2D eigenvalue weighted by Gasteiger charge is 2.24. The highest BCUT2D eigenvalue weighted by atomic mass is 16.6. The summed E-state index contributed by atoms with van der Waals surface area (Å²) in [6, 6.07) is 17.5. The molecule has 4 rings (SSSR count). The molecule has 1 aliphatic rings. The van der Waals surface area contributed by atoms with Crippen LogP contribution >= 0.6 is 0 Å². The number of rotatable bonds is 3. The lowest BCUT2D eigenvalue weighted by atomic mass is 10.1. The maximum absolute atomic E-state index is 5.78. The van der Waals surface area contributed by atoms with Crippen molar-refractivity contribution >= 4 is 5.84 Å². The molecule has 6 nitrogen and oxygen atoms in total. The average molecular weight is 336 g/mol. The molecule has 6 heteroatoms. The molecule has 1 atom stereocenters. The number of oxime groups is 1. The van der Waals surface area contributed by atoms with Gasteiger partial charge in [-0.25, -0.2) is 9.67 Å². The Kier molecular flexibility index (Phi) is 5.41. The van der Waals surface area contributed by atoms with Crippen molar-refractivity contribution in [3.05, 3.63) is 72.8 Å². The molecule has 0 bridgehead atoms. The Morgan fingerprint density at radius 3 is 2.40 bits per heavy atom. The minimum absolute atomic E-state index is 0.111. The normalized spacial score (nSPS) is 15.6. The molecule has 0 aliphatic carbocycles. The van der Waals surface area contributed by atoms with Gasteiger partial charge in [0.25, 0.3) is 0 Å². The van der Waals surface area contributed by atoms with Crippen molar-refractivity contribution in [2.45, 2.75) is 26.4 Å². The highest BCUT2D eigenvalue weighted by molar-refractivity contribution is 5.84. The van der Waals surface area contributed by atoms with Crippen molar-refractivity contribution in [3.8, 4) is 11.5 Å². The van der Waals surface area contributed by atoms with Gasteiger partial charge in [0.2, 0.25) is 0 Å². The van der Waals surface area contributed by atoms with E-state index in [1.54, 1.807) is 11.0 Å². The van der Waals surface area contributed by atoms with Gasteiger partial charge in [-0.1, -0.05) is 49.3 Å². The van der Waals surface area contributed by atoms with E-state index >= 15 is 0 Å². The van der Waals surface area contributed by atoms with E-state index in [0.717, 1.165) is 22.9 Å². The zero-order valence-electron chi connectivity index (χ0n) is 14.2. The fourth-order valence-electron chi connectivity index (χ4n) is 2.40. The van der Waals surface area contributed by atoms with E-state index in [1.807, 2.05) is 68.4 Å². The first-order valence-corrected chi connectivity index (χ1v) is 8.29. The van der Waals surface area contributed by atoms with Crippen LogP contribution in [0.5, 0.6) is 11.5 Å². The fourth-order valence-corrected chi connectivity index (χ4v) is 2.40. The number of para-hydroxylation sites is 1. The zero-order valence-corrected chi connectivity index (χ0v) is 14.2. The van der Waals surface area contributed by atoms with Gasteiger partial charge in [-0.05, 0) is 29.8 Å². The summed E-state index contributed by atoms with van der Waals surface area (Å²) < 4.78 is 7.40. The molecule has 0 radical (unpaired) electrons. The predicted molar refractivity (Wildman–Crippen MR) is 95.6 cm³/mol. The van der Waals surface area contributed by atoms with E-state index in [2.05, 4.69) is 15.2 Å². The van der Waals surface area contributed by atoms with Crippen molar-refractivity contribution in [1.82, 2.24) is 14.8 Å². The highest BCUT2D eigenvalue weighted by Crippen LogP contribution is 2.29. The topological polar surface area (TPSA) is 61.5 Å². The van der Waals surface area contributed by atoms with Crippen LogP contribution in [0.1, 0.15) is 31.9 Å². The molecule has 0 amide bonds. The molecule has 0 saturated heterocycles. The summed E-state index contributed by atoms with van der Waals surface area (Å²) in [4.78, 5) is 9.41. The molecule has 2 heterocycles. The Morgan fingerprint density at radius 2 is 1.72 bits per heavy atom. The van der Waals surface area contributed by atoms with Crippen molar-refractivity contribution < 1.29 is 9.57 Å². The first-order valence-electron chi connectivity index (χ1n) is 8.29. The van der Waals surface area contributed by atoms with Crippen LogP contribution in [0.3, 0.4) is 0 Å². The number of hydrogen-bond acceptors (Lipinski definition) is 5. The maximum Gasteiger partial charge on any atom is 0.175 e. The van der Waals surface area contributed by atoms with E-state index in [0.29, 0.717) is 6.42 Å². The molecule has 128 valence electrons. The van der Waals surface area contributed by atoms with E-state index < -0.39 is 0 Å². The number of nitrogens with zero attached hydrogens (tertiary/aromatic N) is 4. The summed E-state index contributed by atoms with van der Waals surface area (Å²) in [5.74, 6) is 2.35. The van der Waals surface area contributed by atoms with E-state index in [9.17, 15) is 0 Å². The SMILES string of the molecule is CC.c1ccc(Oc2ccc(C3CC(n4cncn4)=NO3)cc2)cc1. The van der Waals surface area contributed by atoms with Gasteiger partial charge >= 0.3 is 0 Å². The molecule has 0 saturated carbocycles. The third kappa shape index (κ3) is 4.03. The minimum Gasteiger partial charge on any atom is -0.457 e. The quantitative estimate of drug-likeness (QED) is 0.710. The van der Waals surface area contributed by atoms with Gasteiger partial charge in [-0.2, -0.15) is 5.10 Å². The van der Waals surface area contributed by atoms with Gasteiger partial charge in [-0.3, -0.25) is 0 Å². The van der Waals surface area contributed by atoms with Crippen LogP contribution in [-0.2, 0) is 4.84 Å². The van der Waals surface area contributed by atoms with Gasteiger partial charge in [0.05, 0.1) is 6.42 Å². The Hall–Kier alpha value is -3.15. The van der Waals surface area contributed by atoms with E-state index in [4.69, 9.17) is 9.57 Å². The molecule has 1 aromatic heterocycles. The molecule has 3 aromatic rings. The van der Waals surface area contributed by atoms with Crippen LogP contribution < -0.4 is 4.74 Å². The molecular formula is C19H20N4O2. The van der Waals surface area contributed by atoms with Crippen LogP contribution in [-0.4, -0.2) is 20.6 Å². The third-order valence-corrected chi connectivity index (χ3v) is 3.57. The van der Waals surface area contributed by atoms with Crippen molar-refractivity contribution in [3.63, 3.8) is 0 Å². The predicted octanol–water partition coefficient (Wildman–Crippen LogP) is 4.42. The molecular weight excluding hydrogens is 316 g/mol. The molecule has 1 aliphatic heterocycles. The Balaban J connectivity index is 0.000000880. The van der Waals surface area contributed by atoms with Crippen LogP contribution in [0.2, 0.25) is 0 Å². The van der Waals surface area contributed by atoms with Crippen LogP contribution in [0.4, 0.5) is 0 Å². The second-order valence-corrected chi connectivity index (χ2v) is 5.13. The monoisotopic (exact) mass is 336 g/mol. The van der Waals surface area contributed by atoms with Crippen LogP contribution in [0.25, 0.3) is 0 Å². The summed E-state index contributed by atoms with van der Waals surface area (Å²) in [5.41, 5.74) is 1.05. The van der Waals surface area contributed by atoms with Crippen molar-refractivity contribution in [2.24, 2.45) is 5.16 Å². The van der Waals surface area contributed by atoms with Gasteiger partial charge in [0.1, 0.15) is 24.2 Å². The molecule has 1 unspecified atom stereocenters. The lowest BCUT2D eigenvalue weighted by molar-refractivity contribution is 0.0856. The minimum atomic E-state index is -0.111. The standard InChI is InChI=1S/C17H14N4O2.C2H6/c1-2-4-14(5-3-1)22-15-8-6-13(7-9-15)16-10-17(20-23-16)21-12-18-11-19-21;1-2/h1-9,11-12,16H,10H2;1-2H3. The third-order valence-electron chi connectivity index (χ3n) is 3.57. The zero-order chi connectivity index (χ0) is 17.5. The number of benzene rings is 2. The first kappa shape index (κ1) is 16.7. The van der Waals surface area contributed by atoms with Crippen LogP contribution in [0.15, 0.2) is 72.4 Å². The van der Waals surface area contributed by atoms with Gasteiger partial charge in [0.15, 0.2) is 11.9 Å². The number of ether oxygens (including phenoxy) is 1. The summed E-state index contributed by atoms with van der Waals surface area (Å²) in [7, 11) is 0. The largest absolute Gasteiger partial charge is 0.457 e. The summed E-state index contributed by atoms with van der Waals surface area (Å²) in [6.07, 6.45) is 3.63. The van der Waals surface area contributed by atoms with Crippen LogP contribution in [0, 0.1) is 0 Å². The Labute approximate surface area is 146 Å². The number of aromatic nitrogens is 3. The maximum atomic E-state index is 5.78. The molecule has 2 aromatic carbocycles. The molecule has 0 fully saturated rings. The van der Waals surface area contributed by atoms with Gasteiger partial charge < -0.3 is 9.57 Å². The molecule has 25 heavy (non-hydrogen) atoms. The van der Waals surface area contributed by atoms with Crippen molar-refractivity contribution in [1.29, 1.82) is 0 Å². The lowest BCUT2D eigenvalue weighted by Crippen LogP contribution is -2.10. The summed E-state index contributed by atoms with van der Waals surface area (Å²) in [6.45, 7) is 4.00. The average Bonchev–Trinajstić information content (AvgIpc) is 3.37. The fraction of sp³-hybridized carbons (Fsp3) is 0.211. The summed E-state index contributed by atoms with van der Waals surface area (Å²) >= 11 is 0. The van der Waals surface area contributed by atoms with E-state index in [-0.39, 0.29) is 6.10 Å². The van der Waals surface area contributed by atoms with Crippen molar-refractivity contribution in [2.75, 3.05) is 0 Å². The molecule has 0 N–H and O–H groups in total. The Bertz CT molecular complexity index is 799. The molecule has 0 spiro atoms. The summed E-state index contributed by atoms with van der Waals surface area (Å²) in [5, 5.41) is 8.13. The second kappa shape index (κ2) is 8.10. The Morgan fingerprint density at radius 1 is 1.00 bits per heavy atom. The first-order chi connectivity index (χ1) is 12.4. The van der Waals surface area contributed by atoms with Gasteiger partial charge in [0, 0.05) is 0 Å². The lowest BCUT2D eigenvalue weighted by Gasteiger charge is -2.10. The second-order valence-electron chi connectivity index (χ2n) is 5.13. The van der Waals surface area contributed by atoms with E-state index in [1.165, 1.54) is 6.33 Å².